The van der Waals surface area contributed by atoms with Crippen LogP contribution in [0.1, 0.15) is 29.8 Å². The minimum atomic E-state index is 0.513. The molecule has 1 atom stereocenters. The Balaban J connectivity index is 1.50. The zero-order chi connectivity index (χ0) is 14.5. The maximum absolute atomic E-state index is 4.73. The molecule has 1 aliphatic rings. The molecule has 0 spiro atoms. The number of piperidine rings is 1. The average Bonchev–Trinajstić information content (AvgIpc) is 2.92. The van der Waals surface area contributed by atoms with Gasteiger partial charge in [-0.25, -0.2) is 4.63 Å². The first-order chi connectivity index (χ1) is 10.3. The lowest BCUT2D eigenvalue weighted by Gasteiger charge is -2.33. The van der Waals surface area contributed by atoms with Crippen molar-refractivity contribution in [1.29, 1.82) is 0 Å². The van der Waals surface area contributed by atoms with E-state index in [0.717, 1.165) is 31.0 Å². The van der Waals surface area contributed by atoms with Crippen molar-refractivity contribution in [2.45, 2.75) is 38.9 Å². The summed E-state index contributed by atoms with van der Waals surface area (Å²) in [6.45, 7) is 5.95. The zero-order valence-corrected chi connectivity index (χ0v) is 12.5. The minimum absolute atomic E-state index is 0.513. The van der Waals surface area contributed by atoms with Crippen LogP contribution in [-0.4, -0.2) is 34.3 Å². The van der Waals surface area contributed by atoms with Crippen LogP contribution >= 0.6 is 0 Å². The number of hydrogen-bond donors (Lipinski definition) is 1. The van der Waals surface area contributed by atoms with Gasteiger partial charge in [-0.1, -0.05) is 40.6 Å². The topological polar surface area (TPSA) is 54.2 Å². The molecule has 112 valence electrons. The Kier molecular flexibility index (Phi) is 4.62. The van der Waals surface area contributed by atoms with Crippen molar-refractivity contribution in [3.8, 4) is 0 Å². The highest BCUT2D eigenvalue weighted by Crippen LogP contribution is 2.14. The average molecular weight is 286 g/mol. The van der Waals surface area contributed by atoms with E-state index in [4.69, 9.17) is 4.63 Å². The van der Waals surface area contributed by atoms with E-state index in [9.17, 15) is 0 Å². The fourth-order valence-corrected chi connectivity index (χ4v) is 2.86. The standard InChI is InChI=1S/C16H22N4O/c1-13-16(19-21-18-13)10-17-15-8-5-9-20(12-15)11-14-6-3-2-4-7-14/h2-4,6-7,15,17H,5,8-12H2,1H3. The summed E-state index contributed by atoms with van der Waals surface area (Å²) in [5.41, 5.74) is 3.17. The summed E-state index contributed by atoms with van der Waals surface area (Å²) in [5, 5.41) is 11.3. The SMILES string of the molecule is Cc1nonc1CNC1CCCN(Cc2ccccc2)C1. The number of aromatic nitrogens is 2. The van der Waals surface area contributed by atoms with Gasteiger partial charge >= 0.3 is 0 Å². The highest BCUT2D eigenvalue weighted by atomic mass is 16.6. The third kappa shape index (κ3) is 3.89. The summed E-state index contributed by atoms with van der Waals surface area (Å²) in [6, 6.07) is 11.2. The van der Waals surface area contributed by atoms with Gasteiger partial charge < -0.3 is 5.32 Å². The summed E-state index contributed by atoms with van der Waals surface area (Å²) in [4.78, 5) is 2.52. The van der Waals surface area contributed by atoms with Crippen LogP contribution in [0.15, 0.2) is 35.0 Å². The van der Waals surface area contributed by atoms with Gasteiger partial charge in [-0.2, -0.15) is 0 Å². The molecule has 3 rings (SSSR count). The molecule has 1 aromatic heterocycles. The zero-order valence-electron chi connectivity index (χ0n) is 12.5. The van der Waals surface area contributed by atoms with Crippen molar-refractivity contribution in [1.82, 2.24) is 20.5 Å². The second-order valence-corrected chi connectivity index (χ2v) is 5.74. The van der Waals surface area contributed by atoms with Crippen LogP contribution in [0.2, 0.25) is 0 Å². The molecule has 1 N–H and O–H groups in total. The number of likely N-dealkylation sites (tertiary alicyclic amines) is 1. The van der Waals surface area contributed by atoms with Gasteiger partial charge in [0, 0.05) is 25.7 Å². The normalized spacial score (nSPS) is 19.8. The van der Waals surface area contributed by atoms with Crippen LogP contribution < -0.4 is 5.32 Å². The fraction of sp³-hybridized carbons (Fsp3) is 0.500. The molecule has 21 heavy (non-hydrogen) atoms. The van der Waals surface area contributed by atoms with E-state index in [1.54, 1.807) is 0 Å². The lowest BCUT2D eigenvalue weighted by molar-refractivity contribution is 0.182. The number of hydrogen-bond acceptors (Lipinski definition) is 5. The number of rotatable bonds is 5. The van der Waals surface area contributed by atoms with Crippen molar-refractivity contribution >= 4 is 0 Å². The van der Waals surface area contributed by atoms with Crippen LogP contribution in [0.4, 0.5) is 0 Å². The molecule has 0 aliphatic carbocycles. The van der Waals surface area contributed by atoms with Crippen LogP contribution in [0.5, 0.6) is 0 Å². The molecule has 5 nitrogen and oxygen atoms in total. The molecular weight excluding hydrogens is 264 g/mol. The van der Waals surface area contributed by atoms with E-state index in [2.05, 4.69) is 50.9 Å². The summed E-state index contributed by atoms with van der Waals surface area (Å²) < 4.78 is 4.73. The molecule has 1 aliphatic heterocycles. The quantitative estimate of drug-likeness (QED) is 0.912. The van der Waals surface area contributed by atoms with Crippen molar-refractivity contribution in [2.24, 2.45) is 0 Å². The lowest BCUT2D eigenvalue weighted by Crippen LogP contribution is -2.45. The van der Waals surface area contributed by atoms with Gasteiger partial charge in [0.05, 0.1) is 0 Å². The van der Waals surface area contributed by atoms with Crippen LogP contribution in [0, 0.1) is 6.92 Å². The lowest BCUT2D eigenvalue weighted by atomic mass is 10.0. The Hall–Kier alpha value is -1.72. The molecular formula is C16H22N4O. The van der Waals surface area contributed by atoms with Gasteiger partial charge in [0.15, 0.2) is 0 Å². The summed E-state index contributed by atoms with van der Waals surface area (Å²) in [6.07, 6.45) is 2.45. The molecule has 0 saturated carbocycles. The minimum Gasteiger partial charge on any atom is -0.307 e. The van der Waals surface area contributed by atoms with Crippen molar-refractivity contribution in [2.75, 3.05) is 13.1 Å². The first-order valence-corrected chi connectivity index (χ1v) is 7.59. The maximum Gasteiger partial charge on any atom is 0.121 e. The smallest absolute Gasteiger partial charge is 0.121 e. The Morgan fingerprint density at radius 1 is 1.29 bits per heavy atom. The fourth-order valence-electron chi connectivity index (χ4n) is 2.86. The third-order valence-corrected chi connectivity index (χ3v) is 4.06. The number of benzene rings is 1. The third-order valence-electron chi connectivity index (χ3n) is 4.06. The van der Waals surface area contributed by atoms with Crippen LogP contribution in [0.25, 0.3) is 0 Å². The molecule has 0 bridgehead atoms. The Morgan fingerprint density at radius 2 is 2.14 bits per heavy atom. The van der Waals surface area contributed by atoms with Gasteiger partial charge in [0.1, 0.15) is 11.4 Å². The number of nitrogens with one attached hydrogen (secondary N) is 1. The number of nitrogens with zero attached hydrogens (tertiary/aromatic N) is 3. The van der Waals surface area contributed by atoms with Gasteiger partial charge in [-0.3, -0.25) is 4.90 Å². The van der Waals surface area contributed by atoms with Crippen LogP contribution in [-0.2, 0) is 13.1 Å². The molecule has 1 fully saturated rings. The molecule has 1 aromatic carbocycles. The molecule has 2 aromatic rings. The van der Waals surface area contributed by atoms with Gasteiger partial charge in [0.25, 0.3) is 0 Å². The van der Waals surface area contributed by atoms with Crippen LogP contribution in [0.3, 0.4) is 0 Å². The largest absolute Gasteiger partial charge is 0.307 e. The predicted molar refractivity (Wildman–Crippen MR) is 80.6 cm³/mol. The van der Waals surface area contributed by atoms with E-state index in [-0.39, 0.29) is 0 Å². The number of aryl methyl sites for hydroxylation is 1. The van der Waals surface area contributed by atoms with Gasteiger partial charge in [-0.15, -0.1) is 0 Å². The highest BCUT2D eigenvalue weighted by Gasteiger charge is 2.20. The van der Waals surface area contributed by atoms with E-state index < -0.39 is 0 Å². The van der Waals surface area contributed by atoms with Crippen molar-refractivity contribution in [3.05, 3.63) is 47.3 Å². The predicted octanol–water partition coefficient (Wildman–Crippen LogP) is 2.13. The van der Waals surface area contributed by atoms with E-state index in [0.29, 0.717) is 6.04 Å². The maximum atomic E-state index is 4.73. The monoisotopic (exact) mass is 286 g/mol. The second kappa shape index (κ2) is 6.83. The molecule has 1 unspecified atom stereocenters. The van der Waals surface area contributed by atoms with E-state index in [1.165, 1.54) is 24.9 Å². The molecule has 0 radical (unpaired) electrons. The highest BCUT2D eigenvalue weighted by molar-refractivity contribution is 5.14. The summed E-state index contributed by atoms with van der Waals surface area (Å²) in [5.74, 6) is 0. The Morgan fingerprint density at radius 3 is 2.90 bits per heavy atom. The Bertz CT molecular complexity index is 554. The first-order valence-electron chi connectivity index (χ1n) is 7.59. The van der Waals surface area contributed by atoms with E-state index in [1.807, 2.05) is 6.92 Å². The van der Waals surface area contributed by atoms with Gasteiger partial charge in [-0.05, 0) is 31.9 Å². The Labute approximate surface area is 125 Å². The summed E-state index contributed by atoms with van der Waals surface area (Å²) in [7, 11) is 0. The molecule has 1 saturated heterocycles. The second-order valence-electron chi connectivity index (χ2n) is 5.74. The molecule has 2 heterocycles. The molecule has 0 amide bonds. The summed E-state index contributed by atoms with van der Waals surface area (Å²) >= 11 is 0. The van der Waals surface area contributed by atoms with Crippen molar-refractivity contribution < 1.29 is 4.63 Å². The van der Waals surface area contributed by atoms with Crippen molar-refractivity contribution in [3.63, 3.8) is 0 Å². The first kappa shape index (κ1) is 14.2. The van der Waals surface area contributed by atoms with E-state index >= 15 is 0 Å². The molecule has 5 heteroatoms. The van der Waals surface area contributed by atoms with Gasteiger partial charge in [0.2, 0.25) is 0 Å².